The van der Waals surface area contributed by atoms with Gasteiger partial charge in [0.05, 0.1) is 18.6 Å². The molecule has 0 spiro atoms. The fraction of sp³-hybridized carbons (Fsp3) is 0.182. The molecule has 0 unspecified atom stereocenters. The van der Waals surface area contributed by atoms with E-state index in [4.69, 9.17) is 4.42 Å². The maximum atomic E-state index is 10.0. The second-order valence-electron chi connectivity index (χ2n) is 6.91. The molecule has 1 aliphatic heterocycles. The lowest BCUT2D eigenvalue weighted by atomic mass is 9.92. The Bertz CT molecular complexity index is 1050. The smallest absolute Gasteiger partial charge is 0.115 e. The molecule has 5 rings (SSSR count). The molecule has 2 aromatic heterocycles. The van der Waals surface area contributed by atoms with Crippen molar-refractivity contribution in [2.45, 2.75) is 19.0 Å². The van der Waals surface area contributed by atoms with E-state index < -0.39 is 0 Å². The van der Waals surface area contributed by atoms with Crippen LogP contribution in [0.15, 0.2) is 71.5 Å². The lowest BCUT2D eigenvalue weighted by Gasteiger charge is -2.36. The summed E-state index contributed by atoms with van der Waals surface area (Å²) in [4.78, 5) is 6.09. The van der Waals surface area contributed by atoms with Crippen molar-refractivity contribution in [3.63, 3.8) is 0 Å². The highest BCUT2D eigenvalue weighted by molar-refractivity contribution is 5.85. The molecule has 26 heavy (non-hydrogen) atoms. The van der Waals surface area contributed by atoms with Crippen LogP contribution in [0, 0.1) is 0 Å². The number of hydrogen-bond donors (Lipinski definition) is 2. The zero-order valence-corrected chi connectivity index (χ0v) is 14.4. The molecule has 1 aliphatic rings. The third-order valence-electron chi connectivity index (χ3n) is 5.29. The third-order valence-corrected chi connectivity index (χ3v) is 5.29. The van der Waals surface area contributed by atoms with Gasteiger partial charge in [-0.1, -0.05) is 30.3 Å². The van der Waals surface area contributed by atoms with E-state index >= 15 is 0 Å². The van der Waals surface area contributed by atoms with E-state index in [0.29, 0.717) is 5.75 Å². The predicted molar refractivity (Wildman–Crippen MR) is 101 cm³/mol. The molecule has 4 nitrogen and oxygen atoms in total. The van der Waals surface area contributed by atoms with Crippen molar-refractivity contribution in [3.8, 4) is 5.75 Å². The number of nitrogens with zero attached hydrogens (tertiary/aromatic N) is 1. The van der Waals surface area contributed by atoms with Crippen molar-refractivity contribution in [3.05, 3.63) is 89.5 Å². The minimum absolute atomic E-state index is 0.0770. The summed E-state index contributed by atoms with van der Waals surface area (Å²) in [5, 5.41) is 11.3. The number of aromatic amines is 1. The van der Waals surface area contributed by atoms with E-state index in [0.717, 1.165) is 30.6 Å². The van der Waals surface area contributed by atoms with Gasteiger partial charge in [-0.3, -0.25) is 4.90 Å². The molecule has 0 saturated heterocycles. The van der Waals surface area contributed by atoms with Crippen molar-refractivity contribution in [2.24, 2.45) is 0 Å². The number of nitrogens with one attached hydrogen (secondary N) is 1. The van der Waals surface area contributed by atoms with Crippen LogP contribution in [0.25, 0.3) is 10.9 Å². The third kappa shape index (κ3) is 2.50. The summed E-state index contributed by atoms with van der Waals surface area (Å²) in [6.07, 6.45) is 4.53. The fourth-order valence-electron chi connectivity index (χ4n) is 4.15. The number of rotatable bonds is 3. The Morgan fingerprint density at radius 2 is 2.04 bits per heavy atom. The van der Waals surface area contributed by atoms with Crippen LogP contribution in [0.5, 0.6) is 5.75 Å². The van der Waals surface area contributed by atoms with Crippen LogP contribution in [0.1, 0.15) is 28.4 Å². The molecule has 4 heteroatoms. The first-order valence-corrected chi connectivity index (χ1v) is 8.93. The van der Waals surface area contributed by atoms with Crippen LogP contribution in [0.2, 0.25) is 0 Å². The molecule has 130 valence electrons. The first-order chi connectivity index (χ1) is 12.8. The molecule has 0 amide bonds. The van der Waals surface area contributed by atoms with Crippen LogP contribution >= 0.6 is 0 Å². The first-order valence-electron chi connectivity index (χ1n) is 8.93. The van der Waals surface area contributed by atoms with Crippen LogP contribution in [0.4, 0.5) is 0 Å². The van der Waals surface area contributed by atoms with Gasteiger partial charge in [0.1, 0.15) is 5.75 Å². The fourth-order valence-corrected chi connectivity index (χ4v) is 4.15. The molecule has 0 aliphatic carbocycles. The van der Waals surface area contributed by atoms with Crippen molar-refractivity contribution >= 4 is 10.9 Å². The lowest BCUT2D eigenvalue weighted by molar-refractivity contribution is 0.201. The maximum Gasteiger partial charge on any atom is 0.115 e. The topological polar surface area (TPSA) is 52.4 Å². The highest BCUT2D eigenvalue weighted by atomic mass is 16.3. The van der Waals surface area contributed by atoms with Gasteiger partial charge in [-0.15, -0.1) is 0 Å². The summed E-state index contributed by atoms with van der Waals surface area (Å²) < 4.78 is 5.26. The molecular formula is C22H20N2O2. The minimum Gasteiger partial charge on any atom is -0.508 e. The molecule has 1 atom stereocenters. The molecule has 4 aromatic rings. The van der Waals surface area contributed by atoms with Gasteiger partial charge < -0.3 is 14.5 Å². The number of furan rings is 1. The van der Waals surface area contributed by atoms with Gasteiger partial charge in [-0.05, 0) is 41.8 Å². The number of phenols is 1. The number of fused-ring (bicyclic) bond motifs is 3. The Hall–Kier alpha value is -2.98. The van der Waals surface area contributed by atoms with E-state index in [1.54, 1.807) is 18.6 Å². The first kappa shape index (κ1) is 15.3. The van der Waals surface area contributed by atoms with Gasteiger partial charge in [0.25, 0.3) is 0 Å². The summed E-state index contributed by atoms with van der Waals surface area (Å²) in [7, 11) is 0. The van der Waals surface area contributed by atoms with Crippen LogP contribution in [-0.4, -0.2) is 21.5 Å². The molecular weight excluding hydrogens is 324 g/mol. The van der Waals surface area contributed by atoms with Crippen molar-refractivity contribution in [1.29, 1.82) is 0 Å². The predicted octanol–water partition coefficient (Wildman–Crippen LogP) is 4.61. The monoisotopic (exact) mass is 344 g/mol. The minimum atomic E-state index is 0.0770. The Balaban J connectivity index is 1.65. The number of aromatic nitrogens is 1. The SMILES string of the molecule is Oc1cccc([C@@H]2c3[nH]c4ccccc4c3CCN2Cc2ccoc2)c1. The molecule has 2 aromatic carbocycles. The highest BCUT2D eigenvalue weighted by Crippen LogP contribution is 2.39. The summed E-state index contributed by atoms with van der Waals surface area (Å²) >= 11 is 0. The van der Waals surface area contributed by atoms with Crippen LogP contribution in [-0.2, 0) is 13.0 Å². The van der Waals surface area contributed by atoms with Gasteiger partial charge in [0.15, 0.2) is 0 Å². The van der Waals surface area contributed by atoms with Gasteiger partial charge in [-0.25, -0.2) is 0 Å². The number of para-hydroxylation sites is 1. The largest absolute Gasteiger partial charge is 0.508 e. The lowest BCUT2D eigenvalue weighted by Crippen LogP contribution is -2.35. The summed E-state index contributed by atoms with van der Waals surface area (Å²) in [5.74, 6) is 0.300. The number of aromatic hydroxyl groups is 1. The van der Waals surface area contributed by atoms with Gasteiger partial charge in [-0.2, -0.15) is 0 Å². The number of phenolic OH excluding ortho intramolecular Hbond substituents is 1. The zero-order chi connectivity index (χ0) is 17.5. The van der Waals surface area contributed by atoms with Crippen molar-refractivity contribution in [1.82, 2.24) is 9.88 Å². The standard InChI is InChI=1S/C22H20N2O2/c25-17-5-3-4-16(12-17)22-21-19(18-6-1-2-7-20(18)23-21)8-10-24(22)13-15-9-11-26-14-15/h1-7,9,11-12,14,22-23,25H,8,10,13H2/t22-/m1/s1. The van der Waals surface area contributed by atoms with E-state index in [9.17, 15) is 5.11 Å². The summed E-state index contributed by atoms with van der Waals surface area (Å²) in [6.45, 7) is 1.77. The zero-order valence-electron chi connectivity index (χ0n) is 14.4. The molecule has 0 radical (unpaired) electrons. The van der Waals surface area contributed by atoms with E-state index in [2.05, 4.69) is 40.2 Å². The average Bonchev–Trinajstić information content (AvgIpc) is 3.28. The normalized spacial score (nSPS) is 17.5. The van der Waals surface area contributed by atoms with Crippen LogP contribution < -0.4 is 0 Å². The second kappa shape index (κ2) is 6.07. The van der Waals surface area contributed by atoms with Crippen molar-refractivity contribution < 1.29 is 9.52 Å². The van der Waals surface area contributed by atoms with Gasteiger partial charge >= 0.3 is 0 Å². The van der Waals surface area contributed by atoms with Gasteiger partial charge in [0, 0.05) is 35.2 Å². The Kier molecular flexibility index (Phi) is 3.57. The molecule has 3 heterocycles. The quantitative estimate of drug-likeness (QED) is 0.570. The average molecular weight is 344 g/mol. The number of hydrogen-bond acceptors (Lipinski definition) is 3. The van der Waals surface area contributed by atoms with E-state index in [1.807, 2.05) is 18.2 Å². The number of benzene rings is 2. The summed E-state index contributed by atoms with van der Waals surface area (Å²) in [6, 6.07) is 18.2. The van der Waals surface area contributed by atoms with E-state index in [1.165, 1.54) is 22.2 Å². The maximum absolute atomic E-state index is 10.0. The second-order valence-corrected chi connectivity index (χ2v) is 6.91. The Morgan fingerprint density at radius 1 is 1.12 bits per heavy atom. The highest BCUT2D eigenvalue weighted by Gasteiger charge is 2.31. The van der Waals surface area contributed by atoms with Gasteiger partial charge in [0.2, 0.25) is 0 Å². The summed E-state index contributed by atoms with van der Waals surface area (Å²) in [5.41, 5.74) is 6.05. The molecule has 0 fully saturated rings. The number of H-pyrrole nitrogens is 1. The Labute approximate surface area is 151 Å². The molecule has 0 bridgehead atoms. The Morgan fingerprint density at radius 3 is 2.88 bits per heavy atom. The molecule has 2 N–H and O–H groups in total. The van der Waals surface area contributed by atoms with Crippen LogP contribution in [0.3, 0.4) is 0 Å². The van der Waals surface area contributed by atoms with Crippen molar-refractivity contribution in [2.75, 3.05) is 6.54 Å². The molecule has 0 saturated carbocycles. The van der Waals surface area contributed by atoms with E-state index in [-0.39, 0.29) is 6.04 Å².